The van der Waals surface area contributed by atoms with Crippen LogP contribution in [0.15, 0.2) is 30.3 Å². The molecular weight excluding hydrogens is 214 g/mol. The first-order valence-electron chi connectivity index (χ1n) is 6.13. The Morgan fingerprint density at radius 1 is 1.24 bits per heavy atom. The van der Waals surface area contributed by atoms with E-state index in [4.69, 9.17) is 0 Å². The summed E-state index contributed by atoms with van der Waals surface area (Å²) < 4.78 is 0. The highest BCUT2D eigenvalue weighted by Gasteiger charge is 2.26. The lowest BCUT2D eigenvalue weighted by Gasteiger charge is -2.26. The van der Waals surface area contributed by atoms with Gasteiger partial charge in [0.1, 0.15) is 0 Å². The van der Waals surface area contributed by atoms with Crippen molar-refractivity contribution in [3.05, 3.63) is 35.9 Å². The average molecular weight is 235 g/mol. The third-order valence-corrected chi connectivity index (χ3v) is 3.08. The second-order valence-corrected chi connectivity index (χ2v) is 4.15. The molecule has 0 aliphatic heterocycles. The van der Waals surface area contributed by atoms with E-state index in [0.29, 0.717) is 13.1 Å². The molecule has 0 saturated carbocycles. The van der Waals surface area contributed by atoms with Crippen molar-refractivity contribution in [3.8, 4) is 0 Å². The molecule has 1 amide bonds. The Morgan fingerprint density at radius 2 is 1.76 bits per heavy atom. The first-order valence-corrected chi connectivity index (χ1v) is 6.13. The number of nitrogens with zero attached hydrogens (tertiary/aromatic N) is 1. The SMILES string of the molecule is CCN(CC)C(=O)[C@@H](C)[C@H](O)c1ccccc1. The van der Waals surface area contributed by atoms with Gasteiger partial charge in [0.2, 0.25) is 5.91 Å². The largest absolute Gasteiger partial charge is 0.388 e. The van der Waals surface area contributed by atoms with Gasteiger partial charge in [0.15, 0.2) is 0 Å². The van der Waals surface area contributed by atoms with Crippen LogP contribution in [0.3, 0.4) is 0 Å². The zero-order valence-electron chi connectivity index (χ0n) is 10.8. The molecule has 0 aromatic heterocycles. The van der Waals surface area contributed by atoms with Gasteiger partial charge in [-0.2, -0.15) is 0 Å². The lowest BCUT2D eigenvalue weighted by atomic mass is 9.96. The van der Waals surface area contributed by atoms with E-state index in [-0.39, 0.29) is 5.91 Å². The Kier molecular flexibility index (Phi) is 5.16. The van der Waals surface area contributed by atoms with Gasteiger partial charge < -0.3 is 10.0 Å². The summed E-state index contributed by atoms with van der Waals surface area (Å²) in [4.78, 5) is 13.8. The minimum Gasteiger partial charge on any atom is -0.388 e. The minimum absolute atomic E-state index is 0.00588. The predicted octanol–water partition coefficient (Wildman–Crippen LogP) is 2.22. The highest BCUT2D eigenvalue weighted by atomic mass is 16.3. The van der Waals surface area contributed by atoms with Crippen molar-refractivity contribution in [2.24, 2.45) is 5.92 Å². The van der Waals surface area contributed by atoms with Crippen LogP contribution in [0.25, 0.3) is 0 Å². The molecule has 0 spiro atoms. The molecule has 17 heavy (non-hydrogen) atoms. The first-order chi connectivity index (χ1) is 8.11. The van der Waals surface area contributed by atoms with Gasteiger partial charge in [0.25, 0.3) is 0 Å². The summed E-state index contributed by atoms with van der Waals surface area (Å²) in [6.07, 6.45) is -0.732. The molecule has 0 aliphatic rings. The number of benzene rings is 1. The number of hydrogen-bond acceptors (Lipinski definition) is 2. The maximum atomic E-state index is 12.1. The van der Waals surface area contributed by atoms with E-state index in [1.807, 2.05) is 44.2 Å². The van der Waals surface area contributed by atoms with Crippen LogP contribution in [0.2, 0.25) is 0 Å². The van der Waals surface area contributed by atoms with Crippen LogP contribution < -0.4 is 0 Å². The van der Waals surface area contributed by atoms with E-state index in [1.54, 1.807) is 11.8 Å². The second kappa shape index (κ2) is 6.40. The molecule has 0 aliphatic carbocycles. The fourth-order valence-corrected chi connectivity index (χ4v) is 1.90. The summed E-state index contributed by atoms with van der Waals surface area (Å²) in [6, 6.07) is 9.32. The van der Waals surface area contributed by atoms with Crippen molar-refractivity contribution < 1.29 is 9.90 Å². The van der Waals surface area contributed by atoms with E-state index >= 15 is 0 Å². The summed E-state index contributed by atoms with van der Waals surface area (Å²) >= 11 is 0. The molecule has 0 bridgehead atoms. The predicted molar refractivity (Wildman–Crippen MR) is 68.5 cm³/mol. The standard InChI is InChI=1S/C14H21NO2/c1-4-15(5-2)14(17)11(3)13(16)12-9-7-6-8-10-12/h6-11,13,16H,4-5H2,1-3H3/t11-,13-/m0/s1. The third-order valence-electron chi connectivity index (χ3n) is 3.08. The molecule has 0 fully saturated rings. The van der Waals surface area contributed by atoms with Gasteiger partial charge in [-0.25, -0.2) is 0 Å². The highest BCUT2D eigenvalue weighted by Crippen LogP contribution is 2.23. The summed E-state index contributed by atoms with van der Waals surface area (Å²) in [5.41, 5.74) is 0.792. The normalized spacial score (nSPS) is 14.1. The van der Waals surface area contributed by atoms with E-state index in [2.05, 4.69) is 0 Å². The van der Waals surface area contributed by atoms with Crippen molar-refractivity contribution in [1.82, 2.24) is 4.90 Å². The molecule has 1 aromatic rings. The number of aliphatic hydroxyl groups excluding tert-OH is 1. The van der Waals surface area contributed by atoms with Crippen LogP contribution in [0.4, 0.5) is 0 Å². The molecular formula is C14H21NO2. The molecule has 0 radical (unpaired) electrons. The summed E-state index contributed by atoms with van der Waals surface area (Å²) in [5, 5.41) is 10.2. The number of carbonyl (C=O) groups excluding carboxylic acids is 1. The quantitative estimate of drug-likeness (QED) is 0.850. The fourth-order valence-electron chi connectivity index (χ4n) is 1.90. The summed E-state index contributed by atoms with van der Waals surface area (Å²) in [7, 11) is 0. The molecule has 3 heteroatoms. The minimum atomic E-state index is -0.732. The van der Waals surface area contributed by atoms with Gasteiger partial charge in [0, 0.05) is 13.1 Å². The maximum absolute atomic E-state index is 12.1. The molecule has 0 heterocycles. The van der Waals surface area contributed by atoms with Crippen LogP contribution >= 0.6 is 0 Å². The lowest BCUT2D eigenvalue weighted by Crippen LogP contribution is -2.37. The number of hydrogen-bond donors (Lipinski definition) is 1. The smallest absolute Gasteiger partial charge is 0.228 e. The monoisotopic (exact) mass is 235 g/mol. The number of rotatable bonds is 5. The van der Waals surface area contributed by atoms with Crippen molar-refractivity contribution in [1.29, 1.82) is 0 Å². The van der Waals surface area contributed by atoms with Crippen LogP contribution in [-0.4, -0.2) is 29.0 Å². The molecule has 2 atom stereocenters. The summed E-state index contributed by atoms with van der Waals surface area (Å²) in [6.45, 7) is 7.03. The van der Waals surface area contributed by atoms with Gasteiger partial charge in [-0.1, -0.05) is 37.3 Å². The summed E-state index contributed by atoms with van der Waals surface area (Å²) in [5.74, 6) is -0.399. The van der Waals surface area contributed by atoms with Gasteiger partial charge in [-0.3, -0.25) is 4.79 Å². The van der Waals surface area contributed by atoms with E-state index in [0.717, 1.165) is 5.56 Å². The zero-order valence-corrected chi connectivity index (χ0v) is 10.8. The van der Waals surface area contributed by atoms with Crippen LogP contribution in [0.1, 0.15) is 32.4 Å². The Bertz CT molecular complexity index is 346. The van der Waals surface area contributed by atoms with Crippen molar-refractivity contribution in [3.63, 3.8) is 0 Å². The number of aliphatic hydroxyl groups is 1. The average Bonchev–Trinajstić information content (AvgIpc) is 2.39. The number of carbonyl (C=O) groups is 1. The van der Waals surface area contributed by atoms with Crippen LogP contribution in [0.5, 0.6) is 0 Å². The fraction of sp³-hybridized carbons (Fsp3) is 0.500. The van der Waals surface area contributed by atoms with Crippen molar-refractivity contribution >= 4 is 5.91 Å². The molecule has 0 unspecified atom stereocenters. The van der Waals surface area contributed by atoms with Gasteiger partial charge in [-0.15, -0.1) is 0 Å². The Morgan fingerprint density at radius 3 is 2.24 bits per heavy atom. The van der Waals surface area contributed by atoms with Crippen LogP contribution in [0, 0.1) is 5.92 Å². The van der Waals surface area contributed by atoms with Crippen LogP contribution in [-0.2, 0) is 4.79 Å². The number of amides is 1. The second-order valence-electron chi connectivity index (χ2n) is 4.15. The Labute approximate surface area is 103 Å². The molecule has 1 rings (SSSR count). The molecule has 3 nitrogen and oxygen atoms in total. The topological polar surface area (TPSA) is 40.5 Å². The lowest BCUT2D eigenvalue weighted by molar-refractivity contribution is -0.138. The molecule has 1 N–H and O–H groups in total. The Hall–Kier alpha value is -1.35. The van der Waals surface area contributed by atoms with Gasteiger partial charge in [-0.05, 0) is 19.4 Å². The van der Waals surface area contributed by atoms with Crippen molar-refractivity contribution in [2.75, 3.05) is 13.1 Å². The van der Waals surface area contributed by atoms with E-state index < -0.39 is 12.0 Å². The molecule has 94 valence electrons. The third kappa shape index (κ3) is 3.30. The van der Waals surface area contributed by atoms with E-state index in [1.165, 1.54) is 0 Å². The zero-order chi connectivity index (χ0) is 12.8. The first kappa shape index (κ1) is 13.7. The molecule has 1 aromatic carbocycles. The Balaban J connectivity index is 2.76. The molecule has 0 saturated heterocycles. The highest BCUT2D eigenvalue weighted by molar-refractivity contribution is 5.79. The van der Waals surface area contributed by atoms with Gasteiger partial charge >= 0.3 is 0 Å². The van der Waals surface area contributed by atoms with E-state index in [9.17, 15) is 9.90 Å². The maximum Gasteiger partial charge on any atom is 0.228 e. The van der Waals surface area contributed by atoms with Crippen molar-refractivity contribution in [2.45, 2.75) is 26.9 Å². The van der Waals surface area contributed by atoms with Gasteiger partial charge in [0.05, 0.1) is 12.0 Å².